The van der Waals surface area contributed by atoms with Crippen molar-refractivity contribution in [2.45, 2.75) is 26.7 Å². The summed E-state index contributed by atoms with van der Waals surface area (Å²) in [6.45, 7) is 3.85. The summed E-state index contributed by atoms with van der Waals surface area (Å²) in [5.41, 5.74) is 17.1. The highest BCUT2D eigenvalue weighted by molar-refractivity contribution is 5.90. The molecule has 0 aliphatic rings. The largest absolute Gasteiger partial charge is 0.383 e. The molecule has 0 spiro atoms. The average Bonchev–Trinajstić information content (AvgIpc) is 2.60. The van der Waals surface area contributed by atoms with Gasteiger partial charge in [0.15, 0.2) is 0 Å². The van der Waals surface area contributed by atoms with Crippen LogP contribution in [-0.2, 0) is 11.2 Å². The SMILES string of the molecule is Cc1cccc(NC(=O)CCc2ccc(-c3c(C)nc(N)nc3N)cc2)c1. The summed E-state index contributed by atoms with van der Waals surface area (Å²) in [6, 6.07) is 15.7. The number of carbonyl (C=O) groups excluding carboxylic acids is 1. The van der Waals surface area contributed by atoms with Crippen molar-refractivity contribution in [3.8, 4) is 11.1 Å². The van der Waals surface area contributed by atoms with Gasteiger partial charge in [0.05, 0.1) is 5.69 Å². The van der Waals surface area contributed by atoms with Crippen molar-refractivity contribution in [3.05, 3.63) is 65.4 Å². The molecule has 1 heterocycles. The minimum atomic E-state index is -0.00306. The van der Waals surface area contributed by atoms with Crippen LogP contribution in [-0.4, -0.2) is 15.9 Å². The van der Waals surface area contributed by atoms with Crippen LogP contribution in [0.5, 0.6) is 0 Å². The normalized spacial score (nSPS) is 10.6. The third-order valence-corrected chi connectivity index (χ3v) is 4.32. The van der Waals surface area contributed by atoms with Gasteiger partial charge in [0, 0.05) is 17.7 Å². The lowest BCUT2D eigenvalue weighted by molar-refractivity contribution is -0.116. The first kappa shape index (κ1) is 18.4. The van der Waals surface area contributed by atoms with E-state index < -0.39 is 0 Å². The first-order valence-electron chi connectivity index (χ1n) is 8.78. The topological polar surface area (TPSA) is 107 Å². The Morgan fingerprint density at radius 1 is 1.04 bits per heavy atom. The Hall–Kier alpha value is -3.41. The Morgan fingerprint density at radius 3 is 2.44 bits per heavy atom. The molecule has 5 N–H and O–H groups in total. The molecule has 6 nitrogen and oxygen atoms in total. The first-order chi connectivity index (χ1) is 12.9. The lowest BCUT2D eigenvalue weighted by atomic mass is 10.0. The van der Waals surface area contributed by atoms with Crippen molar-refractivity contribution in [2.24, 2.45) is 0 Å². The lowest BCUT2D eigenvalue weighted by Gasteiger charge is -2.10. The van der Waals surface area contributed by atoms with Crippen molar-refractivity contribution in [2.75, 3.05) is 16.8 Å². The predicted molar refractivity (Wildman–Crippen MR) is 109 cm³/mol. The van der Waals surface area contributed by atoms with E-state index >= 15 is 0 Å². The van der Waals surface area contributed by atoms with Crippen LogP contribution in [0.3, 0.4) is 0 Å². The molecule has 0 bridgehead atoms. The zero-order valence-electron chi connectivity index (χ0n) is 15.5. The molecule has 0 saturated heterocycles. The molecule has 0 atom stereocenters. The van der Waals surface area contributed by atoms with Crippen molar-refractivity contribution in [3.63, 3.8) is 0 Å². The first-order valence-corrected chi connectivity index (χ1v) is 8.78. The number of nitrogens with one attached hydrogen (secondary N) is 1. The molecule has 0 radical (unpaired) electrons. The summed E-state index contributed by atoms with van der Waals surface area (Å²) in [7, 11) is 0. The molecule has 6 heteroatoms. The highest BCUT2D eigenvalue weighted by Crippen LogP contribution is 2.28. The summed E-state index contributed by atoms with van der Waals surface area (Å²) < 4.78 is 0. The van der Waals surface area contributed by atoms with Gasteiger partial charge in [0.2, 0.25) is 11.9 Å². The summed E-state index contributed by atoms with van der Waals surface area (Å²) in [4.78, 5) is 20.4. The molecule has 1 amide bonds. The second-order valence-corrected chi connectivity index (χ2v) is 6.54. The predicted octanol–water partition coefficient (Wildman–Crippen LogP) is 3.50. The van der Waals surface area contributed by atoms with E-state index in [1.54, 1.807) is 0 Å². The Kier molecular flexibility index (Phi) is 5.35. The van der Waals surface area contributed by atoms with Gasteiger partial charge in [-0.1, -0.05) is 36.4 Å². The zero-order chi connectivity index (χ0) is 19.4. The third-order valence-electron chi connectivity index (χ3n) is 4.32. The molecule has 0 saturated carbocycles. The second-order valence-electron chi connectivity index (χ2n) is 6.54. The van der Waals surface area contributed by atoms with E-state index in [1.807, 2.05) is 62.4 Å². The van der Waals surface area contributed by atoms with E-state index in [-0.39, 0.29) is 11.9 Å². The standard InChI is InChI=1S/C21H23N5O/c1-13-4-3-5-17(12-13)25-18(27)11-8-15-6-9-16(10-7-15)19-14(2)24-21(23)26-20(19)22/h3-7,9-10,12H,8,11H2,1-2H3,(H,25,27)(H4,22,23,24,26). The molecule has 138 valence electrons. The van der Waals surface area contributed by atoms with Crippen LogP contribution in [0.4, 0.5) is 17.5 Å². The fourth-order valence-corrected chi connectivity index (χ4v) is 3.02. The number of nitrogens with zero attached hydrogens (tertiary/aromatic N) is 2. The minimum absolute atomic E-state index is 0.00306. The molecule has 0 unspecified atom stereocenters. The molecule has 3 rings (SSSR count). The molecule has 27 heavy (non-hydrogen) atoms. The number of anilines is 3. The van der Waals surface area contributed by atoms with Crippen molar-refractivity contribution in [1.29, 1.82) is 0 Å². The van der Waals surface area contributed by atoms with Crippen LogP contribution >= 0.6 is 0 Å². The fourth-order valence-electron chi connectivity index (χ4n) is 3.02. The molecule has 0 aliphatic heterocycles. The number of hydrogen-bond donors (Lipinski definition) is 3. The van der Waals surface area contributed by atoms with Crippen LogP contribution in [0.2, 0.25) is 0 Å². The number of nitrogens with two attached hydrogens (primary N) is 2. The van der Waals surface area contributed by atoms with Gasteiger partial charge < -0.3 is 16.8 Å². The summed E-state index contributed by atoms with van der Waals surface area (Å²) in [6.07, 6.45) is 1.07. The lowest BCUT2D eigenvalue weighted by Crippen LogP contribution is -2.12. The smallest absolute Gasteiger partial charge is 0.224 e. The van der Waals surface area contributed by atoms with E-state index in [1.165, 1.54) is 0 Å². The number of hydrogen-bond acceptors (Lipinski definition) is 5. The summed E-state index contributed by atoms with van der Waals surface area (Å²) in [5, 5.41) is 2.93. The number of nitrogen functional groups attached to an aromatic ring is 2. The van der Waals surface area contributed by atoms with Crippen LogP contribution in [0.1, 0.15) is 23.2 Å². The van der Waals surface area contributed by atoms with Crippen LogP contribution in [0, 0.1) is 13.8 Å². The highest BCUT2D eigenvalue weighted by atomic mass is 16.1. The Bertz CT molecular complexity index is 944. The van der Waals surface area contributed by atoms with Gasteiger partial charge in [-0.05, 0) is 49.1 Å². The Balaban J connectivity index is 1.64. The third kappa shape index (κ3) is 4.61. The molecule has 2 aromatic carbocycles. The van der Waals surface area contributed by atoms with Crippen molar-refractivity contribution in [1.82, 2.24) is 9.97 Å². The number of carbonyl (C=O) groups is 1. The van der Waals surface area contributed by atoms with Gasteiger partial charge in [0.1, 0.15) is 5.82 Å². The zero-order valence-corrected chi connectivity index (χ0v) is 15.5. The highest BCUT2D eigenvalue weighted by Gasteiger charge is 2.11. The van der Waals surface area contributed by atoms with Crippen molar-refractivity contribution < 1.29 is 4.79 Å². The average molecular weight is 361 g/mol. The van der Waals surface area contributed by atoms with Gasteiger partial charge >= 0.3 is 0 Å². The van der Waals surface area contributed by atoms with E-state index in [0.717, 1.165) is 33.6 Å². The number of benzene rings is 2. The fraction of sp³-hybridized carbons (Fsp3) is 0.190. The number of aryl methyl sites for hydroxylation is 3. The molecule has 1 aromatic heterocycles. The van der Waals surface area contributed by atoms with Crippen LogP contribution in [0.15, 0.2) is 48.5 Å². The number of rotatable bonds is 5. The maximum absolute atomic E-state index is 12.2. The summed E-state index contributed by atoms with van der Waals surface area (Å²) in [5.74, 6) is 0.534. The van der Waals surface area contributed by atoms with Gasteiger partial charge in [-0.15, -0.1) is 0 Å². The molecular formula is C21H23N5O. The van der Waals surface area contributed by atoms with E-state index in [0.29, 0.717) is 18.7 Å². The number of aromatic nitrogens is 2. The van der Waals surface area contributed by atoms with E-state index in [9.17, 15) is 4.79 Å². The Labute approximate surface area is 158 Å². The second kappa shape index (κ2) is 7.86. The van der Waals surface area contributed by atoms with E-state index in [2.05, 4.69) is 15.3 Å². The minimum Gasteiger partial charge on any atom is -0.383 e. The maximum atomic E-state index is 12.2. The maximum Gasteiger partial charge on any atom is 0.224 e. The number of amides is 1. The quantitative estimate of drug-likeness (QED) is 0.645. The van der Waals surface area contributed by atoms with Crippen molar-refractivity contribution >= 4 is 23.4 Å². The molecule has 0 fully saturated rings. The summed E-state index contributed by atoms with van der Waals surface area (Å²) >= 11 is 0. The van der Waals surface area contributed by atoms with Crippen LogP contribution in [0.25, 0.3) is 11.1 Å². The monoisotopic (exact) mass is 361 g/mol. The van der Waals surface area contributed by atoms with Gasteiger partial charge in [-0.25, -0.2) is 4.98 Å². The van der Waals surface area contributed by atoms with Gasteiger partial charge in [-0.3, -0.25) is 4.79 Å². The molecule has 0 aliphatic carbocycles. The molecular weight excluding hydrogens is 338 g/mol. The Morgan fingerprint density at radius 2 is 1.78 bits per heavy atom. The van der Waals surface area contributed by atoms with Gasteiger partial charge in [-0.2, -0.15) is 4.98 Å². The van der Waals surface area contributed by atoms with E-state index in [4.69, 9.17) is 11.5 Å². The van der Waals surface area contributed by atoms with Crippen LogP contribution < -0.4 is 16.8 Å². The molecule has 3 aromatic rings. The van der Waals surface area contributed by atoms with Gasteiger partial charge in [0.25, 0.3) is 0 Å².